The monoisotopic (exact) mass is 643 g/mol. The van der Waals surface area contributed by atoms with E-state index in [1.54, 1.807) is 32.8 Å². The van der Waals surface area contributed by atoms with E-state index in [9.17, 15) is 19.2 Å². The number of benzene rings is 2. The number of fused-ring (bicyclic) bond motifs is 1. The third-order valence-corrected chi connectivity index (χ3v) is 8.45. The second-order valence-corrected chi connectivity index (χ2v) is 12.8. The number of nitrogens with two attached hydrogens (primary N) is 1. The summed E-state index contributed by atoms with van der Waals surface area (Å²) in [6.07, 6.45) is 0.192. The van der Waals surface area contributed by atoms with Crippen LogP contribution in [0.4, 0.5) is 4.79 Å². The fourth-order valence-corrected chi connectivity index (χ4v) is 6.12. The maximum absolute atomic E-state index is 14.4. The summed E-state index contributed by atoms with van der Waals surface area (Å²) in [5, 5.41) is 3.53. The number of hydrogen-bond acceptors (Lipinski definition) is 8. The number of hydrogen-bond donors (Lipinski definition) is 2. The van der Waals surface area contributed by atoms with Gasteiger partial charge in [-0.25, -0.2) is 9.78 Å². The van der Waals surface area contributed by atoms with Gasteiger partial charge in [-0.05, 0) is 51.8 Å². The number of alkyl carbamates (subject to hydrolysis) is 1. The number of amides is 4. The van der Waals surface area contributed by atoms with E-state index in [4.69, 9.17) is 24.9 Å². The standard InChI is InChI=1S/C35H41N5O7/c1-6-30(41)39-16-14-35(15-17-39,38-33(44)47-34(2,3)4)32(43)40-21-24(19-28(40)31(36)42)46-29-20-26(22-10-8-7-9-11-22)37-27-18-23(45-5)12-13-25(27)29/h6-13,18,20,24,28H,1,14-17,19,21H2,2-5H3,(H2,36,42)(H,38,44)/t24-,28+/m1/s1. The van der Waals surface area contributed by atoms with Gasteiger partial charge in [-0.2, -0.15) is 0 Å². The number of aromatic nitrogens is 1. The highest BCUT2D eigenvalue weighted by Gasteiger charge is 2.51. The molecule has 2 fully saturated rings. The minimum Gasteiger partial charge on any atom is -0.497 e. The Hall–Kier alpha value is -5.13. The zero-order chi connectivity index (χ0) is 33.9. The zero-order valence-electron chi connectivity index (χ0n) is 27.2. The average molecular weight is 644 g/mol. The molecule has 3 aromatic rings. The molecule has 0 saturated carbocycles. The van der Waals surface area contributed by atoms with Crippen molar-refractivity contribution in [2.24, 2.45) is 5.73 Å². The second kappa shape index (κ2) is 13.3. The van der Waals surface area contributed by atoms with Crippen molar-refractivity contribution in [1.82, 2.24) is 20.1 Å². The number of ether oxygens (including phenoxy) is 3. The number of pyridine rings is 1. The van der Waals surface area contributed by atoms with Crippen molar-refractivity contribution in [3.05, 3.63) is 67.3 Å². The molecule has 2 aliphatic rings. The highest BCUT2D eigenvalue weighted by molar-refractivity contribution is 5.95. The lowest BCUT2D eigenvalue weighted by atomic mass is 9.85. The van der Waals surface area contributed by atoms with Crippen LogP contribution in [0, 0.1) is 0 Å². The Morgan fingerprint density at radius 3 is 2.38 bits per heavy atom. The molecule has 3 heterocycles. The van der Waals surface area contributed by atoms with Crippen molar-refractivity contribution in [2.75, 3.05) is 26.7 Å². The van der Waals surface area contributed by atoms with Gasteiger partial charge in [0.15, 0.2) is 0 Å². The van der Waals surface area contributed by atoms with Crippen LogP contribution < -0.4 is 20.5 Å². The van der Waals surface area contributed by atoms with E-state index in [1.165, 1.54) is 11.0 Å². The Kier molecular flexibility index (Phi) is 9.41. The third kappa shape index (κ3) is 7.32. The van der Waals surface area contributed by atoms with Crippen molar-refractivity contribution in [3.8, 4) is 22.8 Å². The normalized spacial score (nSPS) is 19.1. The highest BCUT2D eigenvalue weighted by Crippen LogP contribution is 2.36. The molecule has 2 atom stereocenters. The van der Waals surface area contributed by atoms with Crippen molar-refractivity contribution >= 4 is 34.7 Å². The lowest BCUT2D eigenvalue weighted by Crippen LogP contribution is -2.66. The SMILES string of the molecule is C=CC(=O)N1CCC(NC(=O)OC(C)(C)C)(C(=O)N2C[C@H](Oc3cc(-c4ccccc4)nc4cc(OC)ccc34)C[C@H]2C(N)=O)CC1. The Morgan fingerprint density at radius 2 is 1.77 bits per heavy atom. The third-order valence-electron chi connectivity index (χ3n) is 8.45. The number of carbonyl (C=O) groups excluding carboxylic acids is 4. The molecule has 2 aromatic carbocycles. The maximum Gasteiger partial charge on any atom is 0.408 e. The van der Waals surface area contributed by atoms with E-state index in [0.29, 0.717) is 22.7 Å². The number of piperidine rings is 1. The van der Waals surface area contributed by atoms with Gasteiger partial charge in [-0.15, -0.1) is 0 Å². The minimum atomic E-state index is -1.44. The minimum absolute atomic E-state index is 0.0418. The van der Waals surface area contributed by atoms with Gasteiger partial charge >= 0.3 is 6.09 Å². The smallest absolute Gasteiger partial charge is 0.408 e. The molecular weight excluding hydrogens is 602 g/mol. The topological polar surface area (TPSA) is 153 Å². The van der Waals surface area contributed by atoms with Crippen molar-refractivity contribution in [1.29, 1.82) is 0 Å². The van der Waals surface area contributed by atoms with Gasteiger partial charge in [0.05, 0.1) is 24.9 Å². The summed E-state index contributed by atoms with van der Waals surface area (Å²) in [7, 11) is 1.58. The van der Waals surface area contributed by atoms with E-state index in [2.05, 4.69) is 11.9 Å². The summed E-state index contributed by atoms with van der Waals surface area (Å²) in [5.41, 5.74) is 5.82. The first-order chi connectivity index (χ1) is 22.3. The van der Waals surface area contributed by atoms with Crippen LogP contribution in [0.5, 0.6) is 11.5 Å². The Morgan fingerprint density at radius 1 is 1.06 bits per heavy atom. The highest BCUT2D eigenvalue weighted by atomic mass is 16.6. The molecular formula is C35H41N5O7. The van der Waals surface area contributed by atoms with E-state index >= 15 is 0 Å². The van der Waals surface area contributed by atoms with Crippen molar-refractivity contribution < 1.29 is 33.4 Å². The zero-order valence-corrected chi connectivity index (χ0v) is 27.2. The van der Waals surface area contributed by atoms with Crippen LogP contribution in [0.2, 0.25) is 0 Å². The molecule has 3 N–H and O–H groups in total. The van der Waals surface area contributed by atoms with Gasteiger partial charge in [-0.3, -0.25) is 14.4 Å². The van der Waals surface area contributed by atoms with Gasteiger partial charge in [0.1, 0.15) is 34.8 Å². The van der Waals surface area contributed by atoms with Crippen LogP contribution in [-0.2, 0) is 19.1 Å². The lowest BCUT2D eigenvalue weighted by molar-refractivity contribution is -0.146. The van der Waals surface area contributed by atoms with Gasteiger partial charge in [0.2, 0.25) is 17.7 Å². The van der Waals surface area contributed by atoms with E-state index < -0.39 is 41.2 Å². The molecule has 0 bridgehead atoms. The summed E-state index contributed by atoms with van der Waals surface area (Å²) in [6, 6.07) is 16.0. The fraction of sp³-hybridized carbons (Fsp3) is 0.400. The van der Waals surface area contributed by atoms with E-state index in [0.717, 1.165) is 10.9 Å². The predicted octanol–water partition coefficient (Wildman–Crippen LogP) is 3.82. The van der Waals surface area contributed by atoms with Crippen molar-refractivity contribution in [2.45, 2.75) is 63.3 Å². The fourth-order valence-electron chi connectivity index (χ4n) is 6.12. The van der Waals surface area contributed by atoms with Gasteiger partial charge in [0, 0.05) is 42.6 Å². The van der Waals surface area contributed by atoms with Gasteiger partial charge < -0.3 is 35.1 Å². The quantitative estimate of drug-likeness (QED) is 0.352. The first-order valence-electron chi connectivity index (χ1n) is 15.6. The van der Waals surface area contributed by atoms with Crippen LogP contribution in [0.25, 0.3) is 22.2 Å². The molecule has 0 radical (unpaired) electrons. The molecule has 4 amide bonds. The number of nitrogens with zero attached hydrogens (tertiary/aromatic N) is 3. The Bertz CT molecular complexity index is 1680. The molecule has 1 aromatic heterocycles. The Balaban J connectivity index is 1.46. The van der Waals surface area contributed by atoms with Crippen LogP contribution in [0.1, 0.15) is 40.0 Å². The molecule has 12 heteroatoms. The predicted molar refractivity (Wildman–Crippen MR) is 176 cm³/mol. The lowest BCUT2D eigenvalue weighted by Gasteiger charge is -2.43. The molecule has 12 nitrogen and oxygen atoms in total. The molecule has 248 valence electrons. The molecule has 0 unspecified atom stereocenters. The molecule has 0 spiro atoms. The molecule has 2 saturated heterocycles. The first-order valence-corrected chi connectivity index (χ1v) is 15.6. The average Bonchev–Trinajstić information content (AvgIpc) is 3.47. The van der Waals surface area contributed by atoms with Gasteiger partial charge in [-0.1, -0.05) is 36.9 Å². The Labute approximate surface area is 273 Å². The molecule has 2 aliphatic heterocycles. The largest absolute Gasteiger partial charge is 0.497 e. The number of likely N-dealkylation sites (tertiary alicyclic amines) is 2. The number of methoxy groups -OCH3 is 1. The summed E-state index contributed by atoms with van der Waals surface area (Å²) in [5.74, 6) is -0.290. The number of carbonyl (C=O) groups is 4. The molecule has 47 heavy (non-hydrogen) atoms. The first kappa shape index (κ1) is 33.2. The van der Waals surface area contributed by atoms with Crippen LogP contribution >= 0.6 is 0 Å². The van der Waals surface area contributed by atoms with Crippen LogP contribution in [-0.4, -0.2) is 88.6 Å². The number of nitrogens with one attached hydrogen (secondary N) is 1. The van der Waals surface area contributed by atoms with Crippen LogP contribution in [0.3, 0.4) is 0 Å². The molecule has 0 aliphatic carbocycles. The van der Waals surface area contributed by atoms with E-state index in [-0.39, 0.29) is 44.8 Å². The summed E-state index contributed by atoms with van der Waals surface area (Å²) >= 11 is 0. The summed E-state index contributed by atoms with van der Waals surface area (Å²) in [4.78, 5) is 60.4. The second-order valence-electron chi connectivity index (χ2n) is 12.8. The number of rotatable bonds is 8. The van der Waals surface area contributed by atoms with E-state index in [1.807, 2.05) is 54.6 Å². The van der Waals surface area contributed by atoms with Crippen LogP contribution in [0.15, 0.2) is 67.3 Å². The molecule has 5 rings (SSSR count). The summed E-state index contributed by atoms with van der Waals surface area (Å²) < 4.78 is 17.5. The van der Waals surface area contributed by atoms with Gasteiger partial charge in [0.25, 0.3) is 0 Å². The maximum atomic E-state index is 14.4. The number of primary amides is 1. The van der Waals surface area contributed by atoms with Crippen molar-refractivity contribution in [3.63, 3.8) is 0 Å². The summed E-state index contributed by atoms with van der Waals surface area (Å²) in [6.45, 7) is 9.14.